The van der Waals surface area contributed by atoms with Crippen molar-refractivity contribution in [2.24, 2.45) is 16.2 Å². The van der Waals surface area contributed by atoms with Crippen molar-refractivity contribution in [3.05, 3.63) is 196 Å². The highest BCUT2D eigenvalue weighted by Gasteiger charge is 2.53. The van der Waals surface area contributed by atoms with Crippen LogP contribution in [0.25, 0.3) is 0 Å². The van der Waals surface area contributed by atoms with E-state index in [0.717, 1.165) is 93.7 Å². The molecular weight excluding hydrogens is 2210 g/mol. The second kappa shape index (κ2) is 49.5. The maximum Gasteiger partial charge on any atom is 0.475 e. The van der Waals surface area contributed by atoms with Gasteiger partial charge in [0, 0.05) is 143 Å². The first-order chi connectivity index (χ1) is 68.9. The van der Waals surface area contributed by atoms with Crippen molar-refractivity contribution in [3.63, 3.8) is 0 Å². The molecule has 0 bridgehead atoms. The van der Waals surface area contributed by atoms with Crippen LogP contribution in [0.4, 0.5) is 0 Å². The summed E-state index contributed by atoms with van der Waals surface area (Å²) in [6.45, 7) is 1.32. The van der Waals surface area contributed by atoms with Crippen molar-refractivity contribution in [3.8, 4) is 0 Å². The number of aliphatic hydroxyl groups is 1. The minimum atomic E-state index is -5.41. The zero-order valence-electron chi connectivity index (χ0n) is 82.1. The predicted octanol–water partition coefficient (Wildman–Crippen LogP) is 4.18. The number of ether oxygens (including phenoxy) is 6. The van der Waals surface area contributed by atoms with Gasteiger partial charge in [0.2, 0.25) is 0 Å². The number of aromatic nitrogens is 12. The first-order valence-electron chi connectivity index (χ1n) is 45.6. The third-order valence-electron chi connectivity index (χ3n) is 23.1. The average Bonchev–Trinajstić information content (AvgIpc) is 1.65. The van der Waals surface area contributed by atoms with E-state index in [-0.39, 0.29) is 72.4 Å². The molecule has 0 aromatic carbocycles. The van der Waals surface area contributed by atoms with Crippen molar-refractivity contribution < 1.29 is 145 Å². The van der Waals surface area contributed by atoms with Gasteiger partial charge in [-0.05, 0) is 77.0 Å². The Balaban J connectivity index is 0.822. The lowest BCUT2D eigenvalue weighted by Gasteiger charge is -2.29. The molecule has 67 heteroatoms. The first-order valence-corrected chi connectivity index (χ1v) is 60.8. The van der Waals surface area contributed by atoms with Crippen LogP contribution in [0, 0.1) is 57.8 Å². The van der Waals surface area contributed by atoms with E-state index >= 15 is 9.13 Å². The molecule has 12 heterocycles. The van der Waals surface area contributed by atoms with Gasteiger partial charge in [-0.25, -0.2) is 42.5 Å². The molecule has 6 saturated heterocycles. The number of aryl methyl sites for hydroxylation is 6. The maximum atomic E-state index is 16.0. The summed E-state index contributed by atoms with van der Waals surface area (Å²) < 4.78 is 173. The summed E-state index contributed by atoms with van der Waals surface area (Å²) in [6, 6.07) is 0. The summed E-state index contributed by atoms with van der Waals surface area (Å²) >= 11 is 19.1. The van der Waals surface area contributed by atoms with Crippen LogP contribution in [-0.4, -0.2) is 247 Å². The van der Waals surface area contributed by atoms with E-state index in [9.17, 15) is 101 Å². The SMILES string of the molecule is Cc1cn([C@H]2C[C@H](OP(=O)(O)OCCSC(=O)C(C)(C)C)[C@@H](COP(O)(=S)O[C@H]3C[C@H](n4cc(C)c(=O)[nH]c4=O)O[C@@H]3COP(=O)(OCCSC(=O)C(C)(C)C)O[C@H]3C[C@H](n4cc(C)c(=O)[nH]c4=O)O[C@@H]3COP(O)(=S)O[C@H]3C[C@H](n4cc(C)c(=O)[nH]c4=O)O[C@@H]3COP(=O)(OCCSC(=O)C(C)(C)C)O[C@H]3C[C@H](n4cc(C)c(=O)[nH]c4=O)O[C@@H]3COP(O)(=S)O[C@H]3C[C@H](n4cc(C)c(=O)[nH]c4=O)O[C@@H]3CO)O2)c(=O)[nH]c1=O. The van der Waals surface area contributed by atoms with Gasteiger partial charge in [-0.2, -0.15) is 0 Å². The van der Waals surface area contributed by atoms with Crippen LogP contribution in [0.2, 0.25) is 0 Å². The molecule has 0 radical (unpaired) electrons. The quantitative estimate of drug-likeness (QED) is 0.0188. The summed E-state index contributed by atoms with van der Waals surface area (Å²) in [5, 5.41) is 9.44. The van der Waals surface area contributed by atoms with Crippen LogP contribution in [0.3, 0.4) is 0 Å². The Bertz CT molecular complexity index is 6980. The van der Waals surface area contributed by atoms with Gasteiger partial charge in [-0.1, -0.05) is 97.6 Å². The smallest absolute Gasteiger partial charge is 0.394 e. The standard InChI is InChI=1S/C81H116N12O43P6S6/c1-40-28-88(73(104)82-64(40)95)58-22-46(52(34-94)125-58)134-140(114,143)123-38-56-48(24-60(129-56)90-30-42(3)66(97)84-75(90)106)132-138(112,118-17-20-147-71(102)80(10,11)12)121-36-54-51(27-63(127-54)93-33-45(6)69(100)87-78(93)109)136-142(116,145)124-39-57-49(25-61(130-57)91-31-43(4)67(98)85-76(91)107)133-139(113,119-18-21-148-72(103)81(13,14)15)120-35-53-50(26-62(126-53)92-32-44(5)68(99)86-77(92)108)135-141(115,144)122-37-55-47(23-59(128-55)89-29-41(2)65(96)83-74(89)105)131-137(110,111)117-16-19-146-70(101)79(7,8)9/h28-33,46-63,94H,16-27,34-39H2,1-15H3,(H,110,111)(H,114,143)(H,115,144)(H,116,145)(H,82,95,104)(H,83,96,105)(H,84,97,106)(H,85,98,107)(H,86,99,108)(H,87,100,109)/t46-,47-,48-,49-,50-,51-,52+,53+,54+,55+,56+,57+,58+,59+,60+,61+,62+,63+,138?,139?,140?,141?,142?/m0/s1. The highest BCUT2D eigenvalue weighted by Crippen LogP contribution is 2.60. The summed E-state index contributed by atoms with van der Waals surface area (Å²) in [5.74, 6) is -0.569. The largest absolute Gasteiger partial charge is 0.475 e. The lowest BCUT2D eigenvalue weighted by Crippen LogP contribution is -2.34. The summed E-state index contributed by atoms with van der Waals surface area (Å²) in [6.07, 6.45) is -23.7. The van der Waals surface area contributed by atoms with E-state index in [0.29, 0.717) is 0 Å². The molecule has 0 amide bonds. The Hall–Kier alpha value is -6.22. The Labute approximate surface area is 867 Å². The predicted molar refractivity (Wildman–Crippen MR) is 537 cm³/mol. The fraction of sp³-hybridized carbons (Fsp3) is 0.667. The van der Waals surface area contributed by atoms with E-state index in [1.165, 1.54) is 47.7 Å². The van der Waals surface area contributed by atoms with E-state index in [2.05, 4.69) is 29.9 Å². The molecule has 6 aliphatic heterocycles. The number of phosphoric ester groups is 3. The zero-order chi connectivity index (χ0) is 109. The van der Waals surface area contributed by atoms with Crippen LogP contribution in [0.1, 0.15) is 172 Å². The van der Waals surface area contributed by atoms with Crippen LogP contribution in [-0.2, 0) is 155 Å². The minimum Gasteiger partial charge on any atom is -0.394 e. The van der Waals surface area contributed by atoms with Gasteiger partial charge >= 0.3 is 77.8 Å². The second-order valence-corrected chi connectivity index (χ2v) is 54.2. The van der Waals surface area contributed by atoms with E-state index in [1.807, 2.05) is 0 Å². The van der Waals surface area contributed by atoms with Gasteiger partial charge in [-0.3, -0.25) is 137 Å². The highest BCUT2D eigenvalue weighted by molar-refractivity contribution is 8.14. The molecule has 24 atom stereocenters. The number of rotatable bonds is 46. The highest BCUT2D eigenvalue weighted by atomic mass is 32.5. The van der Waals surface area contributed by atoms with Crippen LogP contribution in [0.5, 0.6) is 0 Å². The topological polar surface area (TPSA) is 717 Å². The molecule has 12 rings (SSSR count). The maximum absolute atomic E-state index is 16.0. The lowest BCUT2D eigenvalue weighted by atomic mass is 9.99. The molecule has 6 aliphatic rings. The lowest BCUT2D eigenvalue weighted by molar-refractivity contribution is -0.118. The number of carbonyl (C=O) groups is 3. The van der Waals surface area contributed by atoms with Crippen LogP contribution in [0.15, 0.2) is 94.7 Å². The molecule has 6 aromatic heterocycles. The molecule has 6 fully saturated rings. The van der Waals surface area contributed by atoms with Crippen molar-refractivity contribution in [2.75, 3.05) is 76.7 Å². The number of carbonyl (C=O) groups excluding carboxylic acids is 3. The number of phosphoric acid groups is 3. The van der Waals surface area contributed by atoms with Gasteiger partial charge in [0.1, 0.15) is 92.3 Å². The third-order valence-corrected chi connectivity index (χ3v) is 35.7. The van der Waals surface area contributed by atoms with Gasteiger partial charge < -0.3 is 80.2 Å². The molecule has 148 heavy (non-hydrogen) atoms. The number of aliphatic hydroxyl groups excluding tert-OH is 1. The molecule has 824 valence electrons. The van der Waals surface area contributed by atoms with Crippen molar-refractivity contribution in [1.82, 2.24) is 57.3 Å². The fourth-order valence-corrected chi connectivity index (χ4v) is 26.2. The molecule has 6 aromatic rings. The van der Waals surface area contributed by atoms with Crippen LogP contribution >= 0.6 is 78.9 Å². The molecule has 11 N–H and O–H groups in total. The van der Waals surface area contributed by atoms with Gasteiger partial charge in [0.05, 0.1) is 77.8 Å². The number of aromatic amines is 6. The fourth-order valence-electron chi connectivity index (χ4n) is 15.3. The van der Waals surface area contributed by atoms with Crippen molar-refractivity contribution in [2.45, 2.75) is 253 Å². The number of thioether (sulfide) groups is 3. The van der Waals surface area contributed by atoms with Gasteiger partial charge in [0.25, 0.3) is 33.4 Å². The molecule has 55 nitrogen and oxygen atoms in total. The second-order valence-electron chi connectivity index (χ2n) is 38.0. The Morgan fingerprint density at radius 1 is 0.324 bits per heavy atom. The summed E-state index contributed by atoms with van der Waals surface area (Å²) in [4.78, 5) is 257. The van der Waals surface area contributed by atoms with Crippen LogP contribution < -0.4 is 67.5 Å². The summed E-state index contributed by atoms with van der Waals surface area (Å²) in [7, 11) is -15.9. The molecular formula is C81H116N12O43P6S6. The molecule has 0 spiro atoms. The van der Waals surface area contributed by atoms with E-state index in [1.54, 1.807) is 62.3 Å². The van der Waals surface area contributed by atoms with Gasteiger partial charge in [-0.15, -0.1) is 0 Å². The number of nitrogens with zero attached hydrogens (tertiary/aromatic N) is 6. The van der Waals surface area contributed by atoms with Crippen molar-refractivity contribution >= 4 is 130 Å². The first kappa shape index (κ1) is 120. The van der Waals surface area contributed by atoms with E-state index in [4.69, 9.17) is 127 Å². The normalized spacial score (nSPS) is 26.9. The number of hydrogen-bond donors (Lipinski definition) is 11. The Morgan fingerprint density at radius 3 is 0.743 bits per heavy atom. The zero-order valence-corrected chi connectivity index (χ0v) is 92.4. The monoisotopic (exact) mass is 2320 g/mol. The third kappa shape index (κ3) is 32.1. The number of nitrogens with one attached hydrogen (secondary N) is 6. The molecule has 6 unspecified atom stereocenters. The molecule has 0 saturated carbocycles. The summed E-state index contributed by atoms with van der Waals surface area (Å²) in [5.41, 5.74) is -13.2. The van der Waals surface area contributed by atoms with Crippen molar-refractivity contribution in [1.29, 1.82) is 0 Å². The van der Waals surface area contributed by atoms with E-state index < -0.39 is 330 Å². The number of H-pyrrole nitrogens is 6. The Kier molecular flexibility index (Phi) is 40.2. The molecule has 0 aliphatic carbocycles. The Morgan fingerprint density at radius 2 is 0.520 bits per heavy atom. The average molecular weight is 2320 g/mol. The van der Waals surface area contributed by atoms with Gasteiger partial charge in [0.15, 0.2) is 15.3 Å². The number of hydrogen-bond acceptors (Lipinski definition) is 45. The minimum absolute atomic E-state index is 0.00628.